The molecule has 0 bridgehead atoms. The van der Waals surface area contributed by atoms with Crippen LogP contribution in [0.1, 0.15) is 67.3 Å². The molecule has 4 rings (SSSR count). The van der Waals surface area contributed by atoms with Crippen molar-refractivity contribution in [1.29, 1.82) is 0 Å². The van der Waals surface area contributed by atoms with Crippen LogP contribution in [0.25, 0.3) is 6.08 Å². The van der Waals surface area contributed by atoms with E-state index >= 15 is 0 Å². The Hall–Kier alpha value is -1.91. The molecular formula is C25H32O4. The number of allylic oxidation sites excluding steroid dienone is 1. The third kappa shape index (κ3) is 4.65. The van der Waals surface area contributed by atoms with Crippen molar-refractivity contribution >= 4 is 12.0 Å². The maximum absolute atomic E-state index is 11.2. The number of carboxylic acids is 1. The first kappa shape index (κ1) is 20.4. The summed E-state index contributed by atoms with van der Waals surface area (Å²) >= 11 is 0. The van der Waals surface area contributed by atoms with Crippen LogP contribution in [0.3, 0.4) is 0 Å². The molecule has 1 aromatic rings. The van der Waals surface area contributed by atoms with E-state index in [4.69, 9.17) is 0 Å². The minimum Gasteiger partial charge on any atom is -0.478 e. The van der Waals surface area contributed by atoms with Crippen LogP contribution in [0.4, 0.5) is 0 Å². The molecule has 0 radical (unpaired) electrons. The molecular weight excluding hydrogens is 364 g/mol. The van der Waals surface area contributed by atoms with Crippen LogP contribution < -0.4 is 0 Å². The molecule has 1 aromatic carbocycles. The molecule has 3 aliphatic rings. The quantitative estimate of drug-likeness (QED) is 0.632. The number of rotatable bonds is 5. The van der Waals surface area contributed by atoms with Crippen LogP contribution in [0, 0.1) is 23.7 Å². The average molecular weight is 397 g/mol. The molecule has 0 heterocycles. The van der Waals surface area contributed by atoms with Crippen LogP contribution >= 0.6 is 0 Å². The normalized spacial score (nSPS) is 32.7. The van der Waals surface area contributed by atoms with Crippen molar-refractivity contribution in [3.05, 3.63) is 53.1 Å². The number of benzene rings is 1. The lowest BCUT2D eigenvalue weighted by atomic mass is 9.84. The summed E-state index contributed by atoms with van der Waals surface area (Å²) in [6.45, 7) is 0. The van der Waals surface area contributed by atoms with E-state index in [9.17, 15) is 20.1 Å². The predicted molar refractivity (Wildman–Crippen MR) is 113 cm³/mol. The Morgan fingerprint density at radius 1 is 1.14 bits per heavy atom. The standard InChI is InChI=1S/C25H32O4/c26-23(18-6-2-1-3-7-18)10-9-21-22-14-17(13-20(22)15-24(21)27)11-16-5-4-8-19(12-16)25(28)29/h4-5,8-12,18,20-24,26-27H,1-3,6-7,13-15H2,(H,28,29)/b10-9+,17-11+/t20-,21+,22-,23+,24+/m1/s1. The van der Waals surface area contributed by atoms with Gasteiger partial charge in [-0.1, -0.05) is 55.2 Å². The van der Waals surface area contributed by atoms with E-state index in [0.717, 1.165) is 37.7 Å². The first-order valence-corrected chi connectivity index (χ1v) is 11.1. The molecule has 0 saturated heterocycles. The summed E-state index contributed by atoms with van der Waals surface area (Å²) in [7, 11) is 0. The molecule has 0 aromatic heterocycles. The van der Waals surface area contributed by atoms with Crippen LogP contribution in [0.2, 0.25) is 0 Å². The number of hydrogen-bond donors (Lipinski definition) is 3. The number of carboxylic acid groups (broad SMARTS) is 1. The Bertz CT molecular complexity index is 790. The van der Waals surface area contributed by atoms with E-state index < -0.39 is 12.1 Å². The number of fused-ring (bicyclic) bond motifs is 1. The highest BCUT2D eigenvalue weighted by atomic mass is 16.4. The molecule has 0 unspecified atom stereocenters. The molecule has 156 valence electrons. The highest BCUT2D eigenvalue weighted by Gasteiger charge is 2.45. The Morgan fingerprint density at radius 3 is 2.69 bits per heavy atom. The Morgan fingerprint density at radius 2 is 1.93 bits per heavy atom. The van der Waals surface area contributed by atoms with Gasteiger partial charge in [-0.15, -0.1) is 0 Å². The van der Waals surface area contributed by atoms with Gasteiger partial charge in [-0.05, 0) is 67.6 Å². The molecule has 3 saturated carbocycles. The van der Waals surface area contributed by atoms with Crippen molar-refractivity contribution in [2.45, 2.75) is 63.6 Å². The molecule has 3 fully saturated rings. The van der Waals surface area contributed by atoms with Gasteiger partial charge in [0.25, 0.3) is 0 Å². The fourth-order valence-corrected chi connectivity index (χ4v) is 5.76. The summed E-state index contributed by atoms with van der Waals surface area (Å²) in [5.41, 5.74) is 2.58. The SMILES string of the molecule is O=C(O)c1cccc(/C=C2\C[C@@H]3C[C@H](O)[C@@H](/C=C/[C@H](O)C4CCCCC4)[C@@H]3C2)c1. The Labute approximate surface area is 173 Å². The lowest BCUT2D eigenvalue weighted by Gasteiger charge is -2.25. The molecule has 29 heavy (non-hydrogen) atoms. The van der Waals surface area contributed by atoms with E-state index in [-0.39, 0.29) is 12.0 Å². The second kappa shape index (κ2) is 8.85. The zero-order valence-electron chi connectivity index (χ0n) is 16.9. The van der Waals surface area contributed by atoms with Gasteiger partial charge in [0.2, 0.25) is 0 Å². The zero-order chi connectivity index (χ0) is 20.4. The molecule has 0 amide bonds. The summed E-state index contributed by atoms with van der Waals surface area (Å²) in [4.78, 5) is 11.2. The van der Waals surface area contributed by atoms with Gasteiger partial charge in [-0.2, -0.15) is 0 Å². The van der Waals surface area contributed by atoms with E-state index in [1.165, 1.54) is 24.8 Å². The number of carbonyl (C=O) groups is 1. The Kier molecular flexibility index (Phi) is 6.21. The van der Waals surface area contributed by atoms with Gasteiger partial charge in [-0.3, -0.25) is 0 Å². The van der Waals surface area contributed by atoms with Gasteiger partial charge in [0.1, 0.15) is 0 Å². The van der Waals surface area contributed by atoms with Crippen LogP contribution in [0.15, 0.2) is 42.0 Å². The molecule has 3 N–H and O–H groups in total. The maximum atomic E-state index is 11.2. The fraction of sp³-hybridized carbons (Fsp3) is 0.560. The smallest absolute Gasteiger partial charge is 0.335 e. The highest BCUT2D eigenvalue weighted by molar-refractivity contribution is 5.88. The average Bonchev–Trinajstić information content (AvgIpc) is 3.23. The second-order valence-corrected chi connectivity index (χ2v) is 9.22. The lowest BCUT2D eigenvalue weighted by Crippen LogP contribution is -2.22. The first-order chi connectivity index (χ1) is 14.0. The van der Waals surface area contributed by atoms with Crippen molar-refractivity contribution in [3.8, 4) is 0 Å². The number of aromatic carboxylic acids is 1. The van der Waals surface area contributed by atoms with Crippen LogP contribution in [-0.4, -0.2) is 33.5 Å². The minimum atomic E-state index is -0.904. The summed E-state index contributed by atoms with van der Waals surface area (Å²) in [6, 6.07) is 7.06. The molecule has 0 aliphatic heterocycles. The summed E-state index contributed by atoms with van der Waals surface area (Å²) in [5.74, 6) is 0.455. The number of aliphatic hydroxyl groups is 2. The van der Waals surface area contributed by atoms with E-state index in [1.807, 2.05) is 12.1 Å². The van der Waals surface area contributed by atoms with Gasteiger partial charge in [-0.25, -0.2) is 4.79 Å². The maximum Gasteiger partial charge on any atom is 0.335 e. The molecule has 4 nitrogen and oxygen atoms in total. The van der Waals surface area contributed by atoms with Gasteiger partial charge >= 0.3 is 5.97 Å². The highest BCUT2D eigenvalue weighted by Crippen LogP contribution is 2.50. The summed E-state index contributed by atoms with van der Waals surface area (Å²) in [6.07, 6.45) is 14.1. The van der Waals surface area contributed by atoms with Gasteiger partial charge in [0, 0.05) is 5.92 Å². The molecule has 5 atom stereocenters. The molecule has 0 spiro atoms. The monoisotopic (exact) mass is 396 g/mol. The number of hydrogen-bond acceptors (Lipinski definition) is 3. The predicted octanol–water partition coefficient (Wildman–Crippen LogP) is 4.67. The van der Waals surface area contributed by atoms with Gasteiger partial charge < -0.3 is 15.3 Å². The van der Waals surface area contributed by atoms with Crippen molar-refractivity contribution < 1.29 is 20.1 Å². The largest absolute Gasteiger partial charge is 0.478 e. The summed E-state index contributed by atoms with van der Waals surface area (Å²) < 4.78 is 0. The first-order valence-electron chi connectivity index (χ1n) is 11.1. The van der Waals surface area contributed by atoms with Crippen LogP contribution in [0.5, 0.6) is 0 Å². The Balaban J connectivity index is 1.43. The van der Waals surface area contributed by atoms with Crippen molar-refractivity contribution in [2.75, 3.05) is 0 Å². The third-order valence-electron chi connectivity index (χ3n) is 7.28. The fourth-order valence-electron chi connectivity index (χ4n) is 5.76. The van der Waals surface area contributed by atoms with Gasteiger partial charge in [0.15, 0.2) is 0 Å². The van der Waals surface area contributed by atoms with E-state index in [2.05, 4.69) is 12.2 Å². The summed E-state index contributed by atoms with van der Waals surface area (Å²) in [5, 5.41) is 30.3. The lowest BCUT2D eigenvalue weighted by molar-refractivity contribution is 0.0696. The zero-order valence-corrected chi connectivity index (χ0v) is 16.9. The topological polar surface area (TPSA) is 77.8 Å². The molecule has 4 heteroatoms. The minimum absolute atomic E-state index is 0.106. The van der Waals surface area contributed by atoms with Crippen molar-refractivity contribution in [2.24, 2.45) is 23.7 Å². The van der Waals surface area contributed by atoms with Gasteiger partial charge in [0.05, 0.1) is 17.8 Å². The second-order valence-electron chi connectivity index (χ2n) is 9.22. The van der Waals surface area contributed by atoms with Crippen molar-refractivity contribution in [3.63, 3.8) is 0 Å². The van der Waals surface area contributed by atoms with Crippen molar-refractivity contribution in [1.82, 2.24) is 0 Å². The molecule has 3 aliphatic carbocycles. The van der Waals surface area contributed by atoms with E-state index in [0.29, 0.717) is 23.3 Å². The van der Waals surface area contributed by atoms with E-state index in [1.54, 1.807) is 18.2 Å². The van der Waals surface area contributed by atoms with Crippen LogP contribution in [-0.2, 0) is 0 Å². The number of aliphatic hydroxyl groups excluding tert-OH is 2. The third-order valence-corrected chi connectivity index (χ3v) is 7.28.